The van der Waals surface area contributed by atoms with Crippen LogP contribution in [0.2, 0.25) is 0 Å². The fraction of sp³-hybridized carbons (Fsp3) is 0.458. The Morgan fingerprint density at radius 2 is 1.81 bits per heavy atom. The lowest BCUT2D eigenvalue weighted by Gasteiger charge is -2.21. The van der Waals surface area contributed by atoms with Gasteiger partial charge in [-0.1, -0.05) is 27.7 Å². The average molecular weight is 441 g/mol. The number of imidazole rings is 1. The molecule has 0 aliphatic carbocycles. The van der Waals surface area contributed by atoms with E-state index in [-0.39, 0.29) is 11.7 Å². The molecule has 0 saturated carbocycles. The summed E-state index contributed by atoms with van der Waals surface area (Å²) in [6.07, 6.45) is 8.23. The fourth-order valence-corrected chi connectivity index (χ4v) is 4.14. The zero-order valence-corrected chi connectivity index (χ0v) is 19.7. The molecule has 2 aliphatic rings. The van der Waals surface area contributed by atoms with Crippen LogP contribution < -0.4 is 15.1 Å². The molecule has 0 spiro atoms. The van der Waals surface area contributed by atoms with E-state index in [0.717, 1.165) is 30.8 Å². The van der Waals surface area contributed by atoms with Crippen LogP contribution in [0.5, 0.6) is 0 Å². The molecule has 7 nitrogen and oxygen atoms in total. The normalized spacial score (nSPS) is 14.4. The Kier molecular flexibility index (Phi) is 7.66. The molecule has 0 atom stereocenters. The number of urea groups is 1. The second-order valence-corrected chi connectivity index (χ2v) is 7.34. The van der Waals surface area contributed by atoms with Gasteiger partial charge in [0.15, 0.2) is 5.82 Å². The maximum atomic E-state index is 14.4. The van der Waals surface area contributed by atoms with Crippen molar-refractivity contribution in [2.75, 3.05) is 34.8 Å². The smallest absolute Gasteiger partial charge is 0.327 e. The lowest BCUT2D eigenvalue weighted by atomic mass is 10.2. The number of fused-ring (bicyclic) bond motifs is 2. The van der Waals surface area contributed by atoms with Gasteiger partial charge in [-0.25, -0.2) is 19.2 Å². The summed E-state index contributed by atoms with van der Waals surface area (Å²) in [5.74, 6) is 0.159. The number of nitrogens with one attached hydrogen (secondary N) is 1. The number of hydrogen-bond donors (Lipinski definition) is 1. The molecule has 3 aromatic rings. The van der Waals surface area contributed by atoms with Crippen molar-refractivity contribution in [3.63, 3.8) is 0 Å². The number of aromatic nitrogens is 3. The first kappa shape index (κ1) is 23.5. The number of rotatable bonds is 2. The van der Waals surface area contributed by atoms with Crippen LogP contribution in [-0.2, 0) is 6.42 Å². The number of hydrogen-bond acceptors (Lipinski definition) is 4. The maximum Gasteiger partial charge on any atom is 0.327 e. The van der Waals surface area contributed by atoms with E-state index >= 15 is 0 Å². The first-order chi connectivity index (χ1) is 15.6. The highest BCUT2D eigenvalue weighted by atomic mass is 19.1. The van der Waals surface area contributed by atoms with Gasteiger partial charge in [-0.3, -0.25) is 4.90 Å². The molecule has 172 valence electrons. The van der Waals surface area contributed by atoms with Crippen molar-refractivity contribution in [3.8, 4) is 0 Å². The Morgan fingerprint density at radius 3 is 2.53 bits per heavy atom. The Hall–Kier alpha value is -3.16. The third-order valence-electron chi connectivity index (χ3n) is 5.45. The standard InChI is InChI=1S/C20H21FN6O.2C2H6/c1-13-11-26-12-16(15(21)10-18(26)23-13)24-20(28)27-9-5-14-17(4-6-22-19(14)27)25-7-2-3-8-25;2*1-2/h4,6,10-12H,2-3,5,7-9H2,1H3,(H,24,28);2*1-2H3. The van der Waals surface area contributed by atoms with Crippen LogP contribution in [0.4, 0.5) is 26.4 Å². The molecule has 2 amide bonds. The van der Waals surface area contributed by atoms with Crippen LogP contribution >= 0.6 is 0 Å². The number of pyridine rings is 2. The number of anilines is 3. The molecule has 1 N–H and O–H groups in total. The summed E-state index contributed by atoms with van der Waals surface area (Å²) in [7, 11) is 0. The van der Waals surface area contributed by atoms with Gasteiger partial charge in [0.1, 0.15) is 11.5 Å². The van der Waals surface area contributed by atoms with Crippen molar-refractivity contribution >= 4 is 28.9 Å². The average Bonchev–Trinajstić information content (AvgIpc) is 3.56. The summed E-state index contributed by atoms with van der Waals surface area (Å²) in [6, 6.07) is 2.98. The topological polar surface area (TPSA) is 65.8 Å². The van der Waals surface area contributed by atoms with E-state index in [1.807, 2.05) is 40.7 Å². The van der Waals surface area contributed by atoms with Crippen molar-refractivity contribution in [1.29, 1.82) is 0 Å². The number of nitrogens with zero attached hydrogens (tertiary/aromatic N) is 5. The van der Waals surface area contributed by atoms with Crippen LogP contribution in [-0.4, -0.2) is 40.0 Å². The fourth-order valence-electron chi connectivity index (χ4n) is 4.14. The lowest BCUT2D eigenvalue weighted by molar-refractivity contribution is 0.257. The van der Waals surface area contributed by atoms with E-state index in [1.54, 1.807) is 27.9 Å². The molecule has 0 unspecified atom stereocenters. The maximum absolute atomic E-state index is 14.4. The van der Waals surface area contributed by atoms with Gasteiger partial charge in [0.25, 0.3) is 0 Å². The first-order valence-corrected chi connectivity index (χ1v) is 11.6. The van der Waals surface area contributed by atoms with E-state index in [9.17, 15) is 9.18 Å². The van der Waals surface area contributed by atoms with E-state index in [4.69, 9.17) is 0 Å². The minimum absolute atomic E-state index is 0.124. The predicted octanol–water partition coefficient (Wildman–Crippen LogP) is 5.42. The number of halogens is 1. The van der Waals surface area contributed by atoms with Crippen molar-refractivity contribution in [3.05, 3.63) is 47.8 Å². The van der Waals surface area contributed by atoms with Gasteiger partial charge in [0, 0.05) is 55.5 Å². The second kappa shape index (κ2) is 10.4. The second-order valence-electron chi connectivity index (χ2n) is 7.34. The van der Waals surface area contributed by atoms with E-state index in [2.05, 4.69) is 20.2 Å². The van der Waals surface area contributed by atoms with Crippen LogP contribution in [0, 0.1) is 12.7 Å². The molecule has 0 radical (unpaired) electrons. The van der Waals surface area contributed by atoms with Crippen molar-refractivity contribution in [2.45, 2.75) is 53.9 Å². The molecule has 5 rings (SSSR count). The highest BCUT2D eigenvalue weighted by molar-refractivity contribution is 6.03. The minimum Gasteiger partial charge on any atom is -0.371 e. The number of aryl methyl sites for hydroxylation is 1. The summed E-state index contributed by atoms with van der Waals surface area (Å²) in [4.78, 5) is 25.5. The highest BCUT2D eigenvalue weighted by Gasteiger charge is 2.30. The quantitative estimate of drug-likeness (QED) is 0.578. The molecule has 5 heterocycles. The molecule has 2 aliphatic heterocycles. The SMILES string of the molecule is CC.CC.Cc1cn2cc(NC(=O)N3CCc4c(N5CCCC5)ccnc43)c(F)cc2n1. The first-order valence-electron chi connectivity index (χ1n) is 11.6. The summed E-state index contributed by atoms with van der Waals surface area (Å²) >= 11 is 0. The molecular weight excluding hydrogens is 407 g/mol. The predicted molar refractivity (Wildman–Crippen MR) is 128 cm³/mol. The van der Waals surface area contributed by atoms with Crippen molar-refractivity contribution in [2.24, 2.45) is 0 Å². The summed E-state index contributed by atoms with van der Waals surface area (Å²) in [5, 5.41) is 2.69. The molecule has 0 aromatic carbocycles. The molecule has 1 saturated heterocycles. The monoisotopic (exact) mass is 440 g/mol. The number of carbonyl (C=O) groups excluding carboxylic acids is 1. The Morgan fingerprint density at radius 1 is 1.09 bits per heavy atom. The van der Waals surface area contributed by atoms with Gasteiger partial charge in [-0.2, -0.15) is 0 Å². The van der Waals surface area contributed by atoms with Gasteiger partial charge in [-0.15, -0.1) is 0 Å². The zero-order chi connectivity index (χ0) is 23.3. The van der Waals surface area contributed by atoms with Gasteiger partial charge < -0.3 is 14.6 Å². The van der Waals surface area contributed by atoms with Gasteiger partial charge in [0.2, 0.25) is 0 Å². The van der Waals surface area contributed by atoms with Crippen LogP contribution in [0.1, 0.15) is 51.8 Å². The molecule has 3 aromatic heterocycles. The van der Waals surface area contributed by atoms with Crippen LogP contribution in [0.3, 0.4) is 0 Å². The van der Waals surface area contributed by atoms with Crippen molar-refractivity contribution in [1.82, 2.24) is 14.4 Å². The summed E-state index contributed by atoms with van der Waals surface area (Å²) in [6.45, 7) is 12.5. The molecular formula is C24H33FN6O. The van der Waals surface area contributed by atoms with Crippen LogP contribution in [0.25, 0.3) is 5.65 Å². The minimum atomic E-state index is -0.510. The number of carbonyl (C=O) groups is 1. The Balaban J connectivity index is 0.000000686. The summed E-state index contributed by atoms with van der Waals surface area (Å²) < 4.78 is 16.1. The highest BCUT2D eigenvalue weighted by Crippen LogP contribution is 2.35. The zero-order valence-electron chi connectivity index (χ0n) is 19.7. The molecule has 32 heavy (non-hydrogen) atoms. The van der Waals surface area contributed by atoms with E-state index in [0.29, 0.717) is 18.0 Å². The van der Waals surface area contributed by atoms with Gasteiger partial charge in [0.05, 0.1) is 11.4 Å². The van der Waals surface area contributed by atoms with E-state index in [1.165, 1.54) is 24.6 Å². The third-order valence-corrected chi connectivity index (χ3v) is 5.45. The third kappa shape index (κ3) is 4.54. The number of amides is 2. The summed E-state index contributed by atoms with van der Waals surface area (Å²) in [5.41, 5.74) is 3.69. The Labute approximate surface area is 189 Å². The van der Waals surface area contributed by atoms with Crippen molar-refractivity contribution < 1.29 is 9.18 Å². The molecule has 0 bridgehead atoms. The van der Waals surface area contributed by atoms with Gasteiger partial charge in [-0.05, 0) is 32.3 Å². The lowest BCUT2D eigenvalue weighted by Crippen LogP contribution is -2.34. The Bertz CT molecular complexity index is 1070. The molecule has 1 fully saturated rings. The molecule has 8 heteroatoms. The van der Waals surface area contributed by atoms with Gasteiger partial charge >= 0.3 is 6.03 Å². The van der Waals surface area contributed by atoms with E-state index < -0.39 is 5.82 Å². The van der Waals surface area contributed by atoms with Crippen LogP contribution in [0.15, 0.2) is 30.7 Å². The largest absolute Gasteiger partial charge is 0.371 e.